The van der Waals surface area contributed by atoms with Crippen LogP contribution in [0.2, 0.25) is 0 Å². The van der Waals surface area contributed by atoms with Crippen molar-refractivity contribution < 1.29 is 0 Å². The molecule has 0 aliphatic heterocycles. The Morgan fingerprint density at radius 1 is 1.29 bits per heavy atom. The minimum absolute atomic E-state index is 0.897. The maximum absolute atomic E-state index is 4.52. The van der Waals surface area contributed by atoms with Gasteiger partial charge in [-0.05, 0) is 19.1 Å². The van der Waals surface area contributed by atoms with Gasteiger partial charge in [0.05, 0.1) is 15.9 Å². The number of nitrogens with one attached hydrogen (secondary N) is 1. The van der Waals surface area contributed by atoms with E-state index in [0.29, 0.717) is 0 Å². The first-order valence-electron chi connectivity index (χ1n) is 5.35. The Balaban J connectivity index is 1.97. The highest BCUT2D eigenvalue weighted by Crippen LogP contribution is 2.27. The van der Waals surface area contributed by atoms with Crippen LogP contribution >= 0.6 is 11.3 Å². The van der Waals surface area contributed by atoms with Gasteiger partial charge in [-0.25, -0.2) is 4.98 Å². The molecule has 1 N–H and O–H groups in total. The summed E-state index contributed by atoms with van der Waals surface area (Å²) >= 11 is 1.65. The maximum atomic E-state index is 4.52. The van der Waals surface area contributed by atoms with Crippen molar-refractivity contribution in [1.29, 1.82) is 0 Å². The van der Waals surface area contributed by atoms with E-state index in [-0.39, 0.29) is 0 Å². The molecule has 4 nitrogen and oxygen atoms in total. The Morgan fingerprint density at radius 2 is 2.12 bits per heavy atom. The van der Waals surface area contributed by atoms with Gasteiger partial charge in [-0.2, -0.15) is 5.10 Å². The van der Waals surface area contributed by atoms with E-state index in [9.17, 15) is 0 Å². The number of fused-ring (bicyclic) bond motifs is 1. The molecule has 0 saturated heterocycles. The first-order valence-corrected chi connectivity index (χ1v) is 6.17. The van der Waals surface area contributed by atoms with Crippen LogP contribution in [0.25, 0.3) is 10.2 Å². The van der Waals surface area contributed by atoms with Crippen LogP contribution in [0.5, 0.6) is 0 Å². The van der Waals surface area contributed by atoms with E-state index in [0.717, 1.165) is 22.2 Å². The number of benzene rings is 1. The standard InChI is InChI=1S/C12H12N4S/c1-8-7-11(16(2)15-8)14-12-13-9-5-3-4-6-10(9)17-12/h3-7H,1-2H3,(H,13,14). The summed E-state index contributed by atoms with van der Waals surface area (Å²) in [6.45, 7) is 1.98. The maximum Gasteiger partial charge on any atom is 0.189 e. The highest BCUT2D eigenvalue weighted by Gasteiger charge is 2.06. The average molecular weight is 244 g/mol. The lowest BCUT2D eigenvalue weighted by Gasteiger charge is -2.00. The highest BCUT2D eigenvalue weighted by molar-refractivity contribution is 7.22. The number of aromatic nitrogens is 3. The van der Waals surface area contributed by atoms with E-state index in [1.165, 1.54) is 4.70 Å². The lowest BCUT2D eigenvalue weighted by atomic mass is 10.3. The first-order chi connectivity index (χ1) is 8.22. The molecule has 0 aliphatic rings. The second-order valence-corrected chi connectivity index (χ2v) is 4.94. The summed E-state index contributed by atoms with van der Waals surface area (Å²) in [5.74, 6) is 0.960. The second kappa shape index (κ2) is 3.85. The number of anilines is 2. The van der Waals surface area contributed by atoms with Crippen molar-refractivity contribution in [2.45, 2.75) is 6.92 Å². The monoisotopic (exact) mass is 244 g/mol. The summed E-state index contributed by atoms with van der Waals surface area (Å²) in [4.78, 5) is 4.52. The van der Waals surface area contributed by atoms with Crippen LogP contribution in [0, 0.1) is 6.92 Å². The van der Waals surface area contributed by atoms with E-state index in [4.69, 9.17) is 0 Å². The number of hydrogen-bond acceptors (Lipinski definition) is 4. The largest absolute Gasteiger partial charge is 0.316 e. The van der Waals surface area contributed by atoms with Gasteiger partial charge < -0.3 is 5.32 Å². The lowest BCUT2D eigenvalue weighted by Crippen LogP contribution is -1.98. The van der Waals surface area contributed by atoms with Crippen molar-refractivity contribution >= 4 is 32.5 Å². The molecule has 2 aromatic heterocycles. The van der Waals surface area contributed by atoms with Gasteiger partial charge in [0.1, 0.15) is 5.82 Å². The van der Waals surface area contributed by atoms with Crippen molar-refractivity contribution in [3.63, 3.8) is 0 Å². The fraction of sp³-hybridized carbons (Fsp3) is 0.167. The molecular weight excluding hydrogens is 232 g/mol. The third-order valence-electron chi connectivity index (χ3n) is 2.53. The van der Waals surface area contributed by atoms with Crippen molar-refractivity contribution in [2.24, 2.45) is 7.05 Å². The number of hydrogen-bond donors (Lipinski definition) is 1. The normalized spacial score (nSPS) is 10.9. The summed E-state index contributed by atoms with van der Waals surface area (Å²) in [5, 5.41) is 8.48. The summed E-state index contributed by atoms with van der Waals surface area (Å²) in [7, 11) is 1.92. The summed E-state index contributed by atoms with van der Waals surface area (Å²) in [5.41, 5.74) is 2.02. The number of rotatable bonds is 2. The molecule has 17 heavy (non-hydrogen) atoms. The van der Waals surface area contributed by atoms with Gasteiger partial charge in [-0.1, -0.05) is 23.5 Å². The third kappa shape index (κ3) is 1.89. The Labute approximate surface area is 103 Å². The molecule has 0 unspecified atom stereocenters. The molecule has 3 aromatic rings. The quantitative estimate of drug-likeness (QED) is 0.753. The van der Waals surface area contributed by atoms with E-state index in [1.807, 2.05) is 42.9 Å². The van der Waals surface area contributed by atoms with E-state index in [1.54, 1.807) is 11.3 Å². The van der Waals surface area contributed by atoms with Crippen LogP contribution < -0.4 is 5.32 Å². The molecule has 1 aromatic carbocycles. The molecule has 3 rings (SSSR count). The molecule has 0 amide bonds. The smallest absolute Gasteiger partial charge is 0.189 e. The summed E-state index contributed by atoms with van der Waals surface area (Å²) in [6, 6.07) is 10.1. The highest BCUT2D eigenvalue weighted by atomic mass is 32.1. The number of para-hydroxylation sites is 1. The number of aryl methyl sites for hydroxylation is 2. The van der Waals surface area contributed by atoms with Gasteiger partial charge in [0.2, 0.25) is 0 Å². The molecular formula is C12H12N4S. The summed E-state index contributed by atoms with van der Waals surface area (Å²) in [6.07, 6.45) is 0. The van der Waals surface area contributed by atoms with Gasteiger partial charge in [-0.3, -0.25) is 4.68 Å². The Bertz CT molecular complexity index is 635. The molecule has 0 atom stereocenters. The predicted molar refractivity (Wildman–Crippen MR) is 70.8 cm³/mol. The zero-order valence-electron chi connectivity index (χ0n) is 9.64. The van der Waals surface area contributed by atoms with E-state index in [2.05, 4.69) is 21.5 Å². The molecule has 0 spiro atoms. The molecule has 0 fully saturated rings. The molecule has 0 saturated carbocycles. The Hall–Kier alpha value is -1.88. The lowest BCUT2D eigenvalue weighted by molar-refractivity contribution is 0.765. The predicted octanol–water partition coefficient (Wildman–Crippen LogP) is 3.08. The number of thiazole rings is 1. The van der Waals surface area contributed by atoms with Crippen molar-refractivity contribution in [1.82, 2.24) is 14.8 Å². The van der Waals surface area contributed by atoms with Crippen LogP contribution in [0.1, 0.15) is 5.69 Å². The van der Waals surface area contributed by atoms with Crippen LogP contribution in [-0.4, -0.2) is 14.8 Å². The van der Waals surface area contributed by atoms with Gasteiger partial charge in [0.15, 0.2) is 5.13 Å². The average Bonchev–Trinajstić information content (AvgIpc) is 2.82. The fourth-order valence-corrected chi connectivity index (χ4v) is 2.64. The minimum atomic E-state index is 0.897. The minimum Gasteiger partial charge on any atom is -0.316 e. The Morgan fingerprint density at radius 3 is 2.82 bits per heavy atom. The van der Waals surface area contributed by atoms with E-state index < -0.39 is 0 Å². The van der Waals surface area contributed by atoms with Gasteiger partial charge in [-0.15, -0.1) is 0 Å². The van der Waals surface area contributed by atoms with Crippen molar-refractivity contribution in [3.8, 4) is 0 Å². The SMILES string of the molecule is Cc1cc(Nc2nc3ccccc3s2)n(C)n1. The molecule has 0 aliphatic carbocycles. The first kappa shape index (κ1) is 10.3. The second-order valence-electron chi connectivity index (χ2n) is 3.91. The molecule has 0 radical (unpaired) electrons. The van der Waals surface area contributed by atoms with E-state index >= 15 is 0 Å². The van der Waals surface area contributed by atoms with Crippen LogP contribution in [-0.2, 0) is 7.05 Å². The third-order valence-corrected chi connectivity index (χ3v) is 3.48. The summed E-state index contributed by atoms with van der Waals surface area (Å²) < 4.78 is 3.01. The van der Waals surface area contributed by atoms with Crippen LogP contribution in [0.3, 0.4) is 0 Å². The van der Waals surface area contributed by atoms with Gasteiger partial charge in [0.25, 0.3) is 0 Å². The van der Waals surface area contributed by atoms with Gasteiger partial charge >= 0.3 is 0 Å². The Kier molecular flexibility index (Phi) is 2.33. The van der Waals surface area contributed by atoms with Crippen molar-refractivity contribution in [2.75, 3.05) is 5.32 Å². The molecule has 5 heteroatoms. The fourth-order valence-electron chi connectivity index (χ4n) is 1.76. The zero-order valence-corrected chi connectivity index (χ0v) is 10.5. The van der Waals surface area contributed by atoms with Crippen LogP contribution in [0.15, 0.2) is 30.3 Å². The topological polar surface area (TPSA) is 42.7 Å². The van der Waals surface area contributed by atoms with Gasteiger partial charge in [0, 0.05) is 13.1 Å². The number of nitrogens with zero attached hydrogens (tertiary/aromatic N) is 3. The van der Waals surface area contributed by atoms with Crippen molar-refractivity contribution in [3.05, 3.63) is 36.0 Å². The molecule has 2 heterocycles. The molecule has 0 bridgehead atoms. The van der Waals surface area contributed by atoms with Crippen LogP contribution in [0.4, 0.5) is 10.9 Å². The molecule has 86 valence electrons. The zero-order chi connectivity index (χ0) is 11.8.